The predicted octanol–water partition coefficient (Wildman–Crippen LogP) is 5.41. The van der Waals surface area contributed by atoms with Crippen molar-refractivity contribution in [1.82, 2.24) is 10.3 Å². The number of aromatic nitrogens is 1. The summed E-state index contributed by atoms with van der Waals surface area (Å²) in [6.45, 7) is 0. The van der Waals surface area contributed by atoms with E-state index in [2.05, 4.69) is 10.3 Å². The van der Waals surface area contributed by atoms with E-state index in [9.17, 15) is 33.5 Å². The Bertz CT molecular complexity index is 1680. The number of rotatable bonds is 8. The number of alkyl halides is 2. The average molecular weight is 636 g/mol. The van der Waals surface area contributed by atoms with Crippen LogP contribution in [-0.4, -0.2) is 45.8 Å². The van der Waals surface area contributed by atoms with Gasteiger partial charge in [-0.25, -0.2) is 13.8 Å². The van der Waals surface area contributed by atoms with Gasteiger partial charge in [0.1, 0.15) is 17.9 Å². The van der Waals surface area contributed by atoms with Gasteiger partial charge in [-0.3, -0.25) is 24.2 Å². The van der Waals surface area contributed by atoms with Gasteiger partial charge in [0.15, 0.2) is 0 Å². The predicted molar refractivity (Wildman–Crippen MR) is 164 cm³/mol. The van der Waals surface area contributed by atoms with Crippen molar-refractivity contribution in [2.75, 3.05) is 9.80 Å². The number of hydrogen-bond donors (Lipinski definition) is 2. The van der Waals surface area contributed by atoms with Crippen LogP contribution in [0.5, 0.6) is 0 Å². The smallest absolute Gasteiger partial charge is 0.252 e. The summed E-state index contributed by atoms with van der Waals surface area (Å²) >= 11 is 6.60. The average Bonchev–Trinajstić information content (AvgIpc) is 3.63. The van der Waals surface area contributed by atoms with E-state index in [4.69, 9.17) is 11.6 Å². The number of benzene rings is 2. The normalized spacial score (nSPS) is 20.3. The zero-order valence-corrected chi connectivity index (χ0v) is 24.2. The minimum Gasteiger partial charge on any atom is -0.385 e. The van der Waals surface area contributed by atoms with Crippen LogP contribution in [0.25, 0.3) is 0 Å². The maximum atomic E-state index is 14.7. The van der Waals surface area contributed by atoms with Crippen molar-refractivity contribution < 1.29 is 28.3 Å². The Morgan fingerprint density at radius 2 is 1.87 bits per heavy atom. The van der Waals surface area contributed by atoms with Gasteiger partial charge in [-0.2, -0.15) is 5.26 Å². The largest absolute Gasteiger partial charge is 0.385 e. The molecule has 2 aromatic carbocycles. The first-order valence-corrected chi connectivity index (χ1v) is 14.6. The Morgan fingerprint density at radius 1 is 1.13 bits per heavy atom. The fraction of sp³-hybridized carbons (Fsp3) is 0.364. The monoisotopic (exact) mass is 635 g/mol. The van der Waals surface area contributed by atoms with Crippen LogP contribution >= 0.6 is 11.6 Å². The molecule has 0 unspecified atom stereocenters. The van der Waals surface area contributed by atoms with Gasteiger partial charge in [-0.1, -0.05) is 49.4 Å². The second-order valence-electron chi connectivity index (χ2n) is 11.5. The summed E-state index contributed by atoms with van der Waals surface area (Å²) in [6.07, 6.45) is 1.48. The Morgan fingerprint density at radius 3 is 2.53 bits per heavy atom. The summed E-state index contributed by atoms with van der Waals surface area (Å²) in [7, 11) is 0. The number of aliphatic hydroxyl groups is 1. The third-order valence-corrected chi connectivity index (χ3v) is 8.73. The Balaban J connectivity index is 0.00000400. The lowest BCUT2D eigenvalue weighted by Crippen LogP contribution is -2.56. The van der Waals surface area contributed by atoms with Crippen molar-refractivity contribution in [1.29, 1.82) is 5.26 Å². The van der Waals surface area contributed by atoms with Crippen molar-refractivity contribution in [2.24, 2.45) is 0 Å². The lowest BCUT2D eigenvalue weighted by Gasteiger charge is -2.39. The van der Waals surface area contributed by atoms with Gasteiger partial charge in [0.05, 0.1) is 17.2 Å². The van der Waals surface area contributed by atoms with Crippen molar-refractivity contribution in [3.63, 3.8) is 0 Å². The molecule has 234 valence electrons. The maximum Gasteiger partial charge on any atom is 0.252 e. The van der Waals surface area contributed by atoms with E-state index in [1.807, 2.05) is 6.07 Å². The third-order valence-electron chi connectivity index (χ3n) is 8.38. The van der Waals surface area contributed by atoms with Gasteiger partial charge in [0.2, 0.25) is 11.8 Å². The standard InChI is InChI=1S/C32H28ClF2N5O4.CH4/c33-24-7-2-1-6-23(24)28(29(42)38-21-16-32(34,35)17-21)39(22-5-3-4-20(15-22)31(44)11-12-31)30(43)25-8-9-27(41)40(25)26-14-19(18-36)10-13-37-26;/h1-7,10,13-15,21,25,28,44H,8-9,11-12,16-17H2,(H,38,42);1H4/t25-,28-;/m0./s1. The van der Waals surface area contributed by atoms with Crippen molar-refractivity contribution in [3.8, 4) is 6.07 Å². The molecule has 3 aliphatic rings. The number of pyridine rings is 1. The summed E-state index contributed by atoms with van der Waals surface area (Å²) < 4.78 is 27.4. The third kappa shape index (κ3) is 6.26. The van der Waals surface area contributed by atoms with Crippen LogP contribution in [0, 0.1) is 11.3 Å². The quantitative estimate of drug-likeness (QED) is 0.341. The molecule has 3 aromatic rings. The van der Waals surface area contributed by atoms with E-state index in [0.717, 1.165) is 0 Å². The van der Waals surface area contributed by atoms with Gasteiger partial charge >= 0.3 is 0 Å². The van der Waals surface area contributed by atoms with Crippen molar-refractivity contribution in [2.45, 2.75) is 75.6 Å². The second kappa shape index (κ2) is 12.2. The molecule has 6 rings (SSSR count). The SMILES string of the molecule is C.N#Cc1ccnc(N2C(=O)CC[C@H]2C(=O)N(c2cccc(C3(O)CC3)c2)[C@H](C(=O)NC2CC(F)(F)C2)c2ccccc2Cl)c1. The lowest BCUT2D eigenvalue weighted by molar-refractivity contribution is -0.133. The second-order valence-corrected chi connectivity index (χ2v) is 11.9. The van der Waals surface area contributed by atoms with Crippen LogP contribution in [-0.2, 0) is 20.0 Å². The fourth-order valence-corrected chi connectivity index (χ4v) is 6.12. The zero-order valence-electron chi connectivity index (χ0n) is 23.4. The van der Waals surface area contributed by atoms with Crippen molar-refractivity contribution >= 4 is 40.8 Å². The Labute approximate surface area is 264 Å². The van der Waals surface area contributed by atoms with E-state index in [-0.39, 0.29) is 53.8 Å². The summed E-state index contributed by atoms with van der Waals surface area (Å²) in [5, 5.41) is 23.1. The van der Waals surface area contributed by atoms with E-state index < -0.39 is 54.3 Å². The molecule has 9 nitrogen and oxygen atoms in total. The molecule has 1 aliphatic heterocycles. The molecule has 1 aromatic heterocycles. The number of nitrogens with one attached hydrogen (secondary N) is 1. The van der Waals surface area contributed by atoms with Crippen LogP contribution in [0.3, 0.4) is 0 Å². The number of halogens is 3. The number of nitriles is 1. The molecule has 12 heteroatoms. The van der Waals surface area contributed by atoms with Gasteiger partial charge in [-0.15, -0.1) is 0 Å². The van der Waals surface area contributed by atoms with Crippen LogP contribution in [0.1, 0.15) is 68.7 Å². The maximum absolute atomic E-state index is 14.7. The Kier molecular flexibility index (Phi) is 8.66. The summed E-state index contributed by atoms with van der Waals surface area (Å²) in [4.78, 5) is 48.6. The number of nitrogens with zero attached hydrogens (tertiary/aromatic N) is 4. The van der Waals surface area contributed by atoms with E-state index in [1.54, 1.807) is 48.5 Å². The molecule has 2 heterocycles. The summed E-state index contributed by atoms with van der Waals surface area (Å²) in [6, 6.07) is 14.6. The van der Waals surface area contributed by atoms with Crippen LogP contribution in [0.2, 0.25) is 5.02 Å². The highest BCUT2D eigenvalue weighted by Gasteiger charge is 2.49. The molecular weight excluding hydrogens is 604 g/mol. The summed E-state index contributed by atoms with van der Waals surface area (Å²) in [5.41, 5.74) is 0.231. The number of amides is 3. The molecule has 0 radical (unpaired) electrons. The van der Waals surface area contributed by atoms with Crippen LogP contribution < -0.4 is 15.1 Å². The van der Waals surface area contributed by atoms with E-state index in [1.165, 1.54) is 28.1 Å². The van der Waals surface area contributed by atoms with Crippen molar-refractivity contribution in [3.05, 3.63) is 88.6 Å². The zero-order chi connectivity index (χ0) is 31.2. The minimum absolute atomic E-state index is 0. The van der Waals surface area contributed by atoms with Crippen LogP contribution in [0.15, 0.2) is 66.9 Å². The molecule has 45 heavy (non-hydrogen) atoms. The molecule has 2 atom stereocenters. The number of carbonyl (C=O) groups is 3. The van der Waals surface area contributed by atoms with Crippen LogP contribution in [0.4, 0.5) is 20.3 Å². The lowest BCUT2D eigenvalue weighted by atomic mass is 9.87. The molecule has 0 bridgehead atoms. The summed E-state index contributed by atoms with van der Waals surface area (Å²) in [5.74, 6) is -4.53. The first-order chi connectivity index (χ1) is 21.0. The van der Waals surface area contributed by atoms with E-state index in [0.29, 0.717) is 18.4 Å². The number of carbonyl (C=O) groups excluding carboxylic acids is 3. The van der Waals surface area contributed by atoms with Gasteiger partial charge < -0.3 is 10.4 Å². The molecule has 0 spiro atoms. The highest BCUT2D eigenvalue weighted by Crippen LogP contribution is 2.47. The topological polar surface area (TPSA) is 127 Å². The molecule has 1 saturated heterocycles. The molecular formula is C33H32ClF2N5O4. The molecule has 3 amide bonds. The molecule has 2 aliphatic carbocycles. The number of anilines is 2. The van der Waals surface area contributed by atoms with Gasteiger partial charge in [0.25, 0.3) is 11.8 Å². The number of hydrogen-bond acceptors (Lipinski definition) is 6. The highest BCUT2D eigenvalue weighted by molar-refractivity contribution is 6.31. The fourth-order valence-electron chi connectivity index (χ4n) is 5.88. The Hall–Kier alpha value is -4.40. The van der Waals surface area contributed by atoms with Gasteiger partial charge in [0, 0.05) is 47.8 Å². The first-order valence-electron chi connectivity index (χ1n) is 14.3. The first kappa shape index (κ1) is 32.0. The molecule has 2 N–H and O–H groups in total. The highest BCUT2D eigenvalue weighted by atomic mass is 35.5. The van der Waals surface area contributed by atoms with Gasteiger partial charge in [-0.05, 0) is 55.2 Å². The minimum atomic E-state index is -2.89. The van der Waals surface area contributed by atoms with E-state index >= 15 is 0 Å². The molecule has 3 fully saturated rings. The molecule has 2 saturated carbocycles.